The maximum atomic E-state index is 14.7. The molecular weight excluding hydrogens is 432 g/mol. The minimum atomic E-state index is -3.97. The maximum Gasteiger partial charge on any atom is 0.414 e. The zero-order chi connectivity index (χ0) is 22.0. The Morgan fingerprint density at radius 1 is 1.10 bits per heavy atom. The van der Waals surface area contributed by atoms with Gasteiger partial charge >= 0.3 is 6.09 Å². The SMILES string of the molecule is O=C1O[C@@H](CNS(=O)(=O)c2cccc(F)c2)CN1c1ccc(N2CCOCC2)c(F)c1. The van der Waals surface area contributed by atoms with Gasteiger partial charge in [0.05, 0.1) is 36.0 Å². The first kappa shape index (κ1) is 21.5. The summed E-state index contributed by atoms with van der Waals surface area (Å²) in [7, 11) is -3.97. The Morgan fingerprint density at radius 3 is 2.58 bits per heavy atom. The van der Waals surface area contributed by atoms with E-state index in [0.717, 1.165) is 12.1 Å². The molecule has 8 nitrogen and oxygen atoms in total. The Labute approximate surface area is 178 Å². The fourth-order valence-corrected chi connectivity index (χ4v) is 4.58. The number of sulfonamides is 1. The molecule has 0 aliphatic carbocycles. The molecule has 2 saturated heterocycles. The third-order valence-electron chi connectivity index (χ3n) is 5.08. The number of cyclic esters (lactones) is 1. The van der Waals surface area contributed by atoms with E-state index in [-0.39, 0.29) is 18.0 Å². The second-order valence-corrected chi connectivity index (χ2v) is 8.93. The Bertz CT molecular complexity index is 1080. The molecule has 2 fully saturated rings. The Hall–Kier alpha value is -2.76. The second-order valence-electron chi connectivity index (χ2n) is 7.16. The molecule has 4 rings (SSSR count). The van der Waals surface area contributed by atoms with E-state index in [4.69, 9.17) is 9.47 Å². The predicted molar refractivity (Wildman–Crippen MR) is 109 cm³/mol. The van der Waals surface area contributed by atoms with Crippen LogP contribution >= 0.6 is 0 Å². The number of hydrogen-bond donors (Lipinski definition) is 1. The minimum Gasteiger partial charge on any atom is -0.443 e. The smallest absolute Gasteiger partial charge is 0.414 e. The highest BCUT2D eigenvalue weighted by Gasteiger charge is 2.34. The van der Waals surface area contributed by atoms with Gasteiger partial charge in [0, 0.05) is 19.6 Å². The van der Waals surface area contributed by atoms with E-state index in [1.54, 1.807) is 12.1 Å². The molecule has 0 radical (unpaired) electrons. The zero-order valence-electron chi connectivity index (χ0n) is 16.5. The highest BCUT2D eigenvalue weighted by molar-refractivity contribution is 7.89. The van der Waals surface area contributed by atoms with Gasteiger partial charge in [-0.05, 0) is 36.4 Å². The van der Waals surface area contributed by atoms with Crippen LogP contribution in [0.2, 0.25) is 0 Å². The van der Waals surface area contributed by atoms with Crippen LogP contribution in [-0.4, -0.2) is 60.0 Å². The number of nitrogens with zero attached hydrogens (tertiary/aromatic N) is 2. The number of anilines is 2. The minimum absolute atomic E-state index is 0.0425. The van der Waals surface area contributed by atoms with Gasteiger partial charge in [0.15, 0.2) is 0 Å². The number of ether oxygens (including phenoxy) is 2. The molecule has 1 N–H and O–H groups in total. The molecule has 0 spiro atoms. The summed E-state index contributed by atoms with van der Waals surface area (Å²) >= 11 is 0. The molecule has 1 amide bonds. The van der Waals surface area contributed by atoms with Crippen molar-refractivity contribution in [3.05, 3.63) is 54.1 Å². The number of carbonyl (C=O) groups excluding carboxylic acids is 1. The van der Waals surface area contributed by atoms with Gasteiger partial charge in [0.1, 0.15) is 17.7 Å². The van der Waals surface area contributed by atoms with Crippen molar-refractivity contribution in [2.45, 2.75) is 11.0 Å². The van der Waals surface area contributed by atoms with Gasteiger partial charge in [0.25, 0.3) is 0 Å². The van der Waals surface area contributed by atoms with Gasteiger partial charge in [-0.15, -0.1) is 0 Å². The lowest BCUT2D eigenvalue weighted by Gasteiger charge is -2.29. The van der Waals surface area contributed by atoms with Crippen LogP contribution in [0, 0.1) is 11.6 Å². The molecule has 0 bridgehead atoms. The molecule has 2 aromatic carbocycles. The molecule has 0 unspecified atom stereocenters. The normalized spacial score (nSPS) is 19.5. The van der Waals surface area contributed by atoms with Gasteiger partial charge in [-0.25, -0.2) is 26.7 Å². The number of benzene rings is 2. The summed E-state index contributed by atoms with van der Waals surface area (Å²) in [6, 6.07) is 9.06. The van der Waals surface area contributed by atoms with Crippen LogP contribution < -0.4 is 14.5 Å². The molecule has 166 valence electrons. The van der Waals surface area contributed by atoms with E-state index in [2.05, 4.69) is 4.72 Å². The largest absolute Gasteiger partial charge is 0.443 e. The first-order chi connectivity index (χ1) is 14.8. The summed E-state index contributed by atoms with van der Waals surface area (Å²) in [5, 5.41) is 0. The van der Waals surface area contributed by atoms with Gasteiger partial charge in [-0.2, -0.15) is 0 Å². The molecule has 2 aromatic rings. The first-order valence-corrected chi connectivity index (χ1v) is 11.2. The predicted octanol–water partition coefficient (Wildman–Crippen LogP) is 2.11. The molecule has 2 aliphatic heterocycles. The van der Waals surface area contributed by atoms with E-state index >= 15 is 0 Å². The number of carbonyl (C=O) groups is 1. The summed E-state index contributed by atoms with van der Waals surface area (Å²) in [5.41, 5.74) is 0.744. The summed E-state index contributed by atoms with van der Waals surface area (Å²) in [6.45, 7) is 2.04. The quantitative estimate of drug-likeness (QED) is 0.721. The summed E-state index contributed by atoms with van der Waals surface area (Å²) in [6.07, 6.45) is -1.48. The molecule has 31 heavy (non-hydrogen) atoms. The molecule has 11 heteroatoms. The van der Waals surface area contributed by atoms with Crippen molar-refractivity contribution in [2.75, 3.05) is 49.2 Å². The van der Waals surface area contributed by atoms with E-state index in [1.807, 2.05) is 4.90 Å². The molecule has 0 aromatic heterocycles. The third-order valence-corrected chi connectivity index (χ3v) is 6.50. The van der Waals surface area contributed by atoms with Crippen LogP contribution in [0.5, 0.6) is 0 Å². The zero-order valence-corrected chi connectivity index (χ0v) is 17.3. The monoisotopic (exact) mass is 453 g/mol. The second kappa shape index (κ2) is 8.77. The third kappa shape index (κ3) is 4.78. The topological polar surface area (TPSA) is 88.2 Å². The molecule has 2 aliphatic rings. The van der Waals surface area contributed by atoms with Crippen LogP contribution in [0.3, 0.4) is 0 Å². The Balaban J connectivity index is 1.40. The van der Waals surface area contributed by atoms with Crippen LogP contribution in [0.15, 0.2) is 47.4 Å². The van der Waals surface area contributed by atoms with Crippen molar-refractivity contribution in [1.29, 1.82) is 0 Å². The van der Waals surface area contributed by atoms with Crippen LogP contribution in [0.25, 0.3) is 0 Å². The number of amides is 1. The number of hydrogen-bond acceptors (Lipinski definition) is 6. The molecule has 0 saturated carbocycles. The highest BCUT2D eigenvalue weighted by atomic mass is 32.2. The Kier molecular flexibility index (Phi) is 6.08. The number of nitrogens with one attached hydrogen (secondary N) is 1. The van der Waals surface area contributed by atoms with Crippen molar-refractivity contribution < 1.29 is 31.5 Å². The van der Waals surface area contributed by atoms with Crippen LogP contribution in [-0.2, 0) is 19.5 Å². The van der Waals surface area contributed by atoms with Crippen molar-refractivity contribution in [1.82, 2.24) is 4.72 Å². The fourth-order valence-electron chi connectivity index (χ4n) is 3.48. The van der Waals surface area contributed by atoms with Crippen molar-refractivity contribution in [2.24, 2.45) is 0 Å². The molecular formula is C20H21F2N3O5S. The van der Waals surface area contributed by atoms with Crippen molar-refractivity contribution >= 4 is 27.5 Å². The van der Waals surface area contributed by atoms with E-state index < -0.39 is 33.9 Å². The highest BCUT2D eigenvalue weighted by Crippen LogP contribution is 2.28. The van der Waals surface area contributed by atoms with Crippen LogP contribution in [0.4, 0.5) is 25.0 Å². The summed E-state index contributed by atoms with van der Waals surface area (Å²) in [4.78, 5) is 15.1. The van der Waals surface area contributed by atoms with E-state index in [9.17, 15) is 22.0 Å². The standard InChI is InChI=1S/C20H21F2N3O5S/c21-14-2-1-3-17(10-14)31(27,28)23-12-16-13-25(20(26)30-16)15-4-5-19(18(22)11-15)24-6-8-29-9-7-24/h1-5,10-11,16,23H,6-9,12-13H2/t16-/m0/s1. The van der Waals surface area contributed by atoms with Crippen molar-refractivity contribution in [3.63, 3.8) is 0 Å². The molecule has 2 heterocycles. The lowest BCUT2D eigenvalue weighted by atomic mass is 10.2. The number of halogens is 2. The first-order valence-electron chi connectivity index (χ1n) is 9.69. The molecule has 1 atom stereocenters. The lowest BCUT2D eigenvalue weighted by Crippen LogP contribution is -2.37. The number of rotatable bonds is 6. The maximum absolute atomic E-state index is 14.7. The van der Waals surface area contributed by atoms with Gasteiger partial charge < -0.3 is 14.4 Å². The van der Waals surface area contributed by atoms with E-state index in [1.165, 1.54) is 23.1 Å². The summed E-state index contributed by atoms with van der Waals surface area (Å²) in [5.74, 6) is -1.15. The van der Waals surface area contributed by atoms with Crippen molar-refractivity contribution in [3.8, 4) is 0 Å². The average molecular weight is 453 g/mol. The van der Waals surface area contributed by atoms with E-state index in [0.29, 0.717) is 37.7 Å². The summed E-state index contributed by atoms with van der Waals surface area (Å²) < 4.78 is 65.4. The van der Waals surface area contributed by atoms with Gasteiger partial charge in [-0.1, -0.05) is 6.07 Å². The van der Waals surface area contributed by atoms with Gasteiger partial charge in [-0.3, -0.25) is 4.90 Å². The number of morpholine rings is 1. The van der Waals surface area contributed by atoms with Gasteiger partial charge in [0.2, 0.25) is 10.0 Å². The average Bonchev–Trinajstić information content (AvgIpc) is 3.13. The fraction of sp³-hybridized carbons (Fsp3) is 0.350. The van der Waals surface area contributed by atoms with Crippen LogP contribution in [0.1, 0.15) is 0 Å². The Morgan fingerprint density at radius 2 is 1.87 bits per heavy atom. The lowest BCUT2D eigenvalue weighted by molar-refractivity contribution is 0.122.